The molecule has 1 atom stereocenters. The zero-order chi connectivity index (χ0) is 21.9. The third-order valence-corrected chi connectivity index (χ3v) is 6.88. The Kier molecular flexibility index (Phi) is 4.56. The molecule has 158 valence electrons. The van der Waals surface area contributed by atoms with E-state index in [0.29, 0.717) is 11.3 Å². The van der Waals surface area contributed by atoms with Crippen LogP contribution in [0.1, 0.15) is 49.4 Å². The molecule has 4 rings (SSSR count). The number of carbonyl (C=O) groups is 1. The summed E-state index contributed by atoms with van der Waals surface area (Å²) >= 11 is 0. The first kappa shape index (κ1) is 20.6. The number of nitrogens with zero attached hydrogens (tertiary/aromatic N) is 2. The minimum absolute atomic E-state index is 0.148. The second-order valence-electron chi connectivity index (χ2n) is 8.78. The van der Waals surface area contributed by atoms with Gasteiger partial charge in [0.05, 0.1) is 10.6 Å². The minimum atomic E-state index is -3.80. The molecule has 0 saturated carbocycles. The van der Waals surface area contributed by atoms with E-state index in [1.807, 2.05) is 32.0 Å². The highest BCUT2D eigenvalue weighted by molar-refractivity contribution is 7.89. The number of benzene rings is 2. The highest BCUT2D eigenvalue weighted by Gasteiger charge is 2.57. The molecule has 0 aromatic heterocycles. The first-order chi connectivity index (χ1) is 13.9. The van der Waals surface area contributed by atoms with Crippen LogP contribution in [0.3, 0.4) is 0 Å². The lowest BCUT2D eigenvalue weighted by Crippen LogP contribution is -2.52. The molecule has 1 unspecified atom stereocenters. The molecule has 0 radical (unpaired) electrons. The number of hydrazone groups is 1. The van der Waals surface area contributed by atoms with E-state index in [2.05, 4.69) is 9.82 Å². The number of amides is 1. The average Bonchev–Trinajstić information content (AvgIpc) is 3.12. The largest absolute Gasteiger partial charge is 0.442 e. The number of rotatable bonds is 1. The van der Waals surface area contributed by atoms with Gasteiger partial charge in [0.25, 0.3) is 0 Å². The van der Waals surface area contributed by atoms with Crippen LogP contribution in [0.25, 0.3) is 0 Å². The molecular formula is C22H25N3O4S. The van der Waals surface area contributed by atoms with Crippen LogP contribution in [-0.2, 0) is 20.4 Å². The van der Waals surface area contributed by atoms with E-state index in [1.165, 1.54) is 6.07 Å². The zero-order valence-electron chi connectivity index (χ0n) is 17.7. The van der Waals surface area contributed by atoms with Crippen LogP contribution < -0.4 is 4.72 Å². The van der Waals surface area contributed by atoms with Crippen LogP contribution in [0.4, 0.5) is 4.79 Å². The fraction of sp³-hybridized carbons (Fsp3) is 0.364. The lowest BCUT2D eigenvalue weighted by molar-refractivity contribution is -0.0000485. The summed E-state index contributed by atoms with van der Waals surface area (Å²) in [5.41, 5.74) is 2.06. The number of nitrogens with one attached hydrogen (secondary N) is 1. The van der Waals surface area contributed by atoms with Gasteiger partial charge in [-0.1, -0.05) is 30.3 Å². The van der Waals surface area contributed by atoms with Crippen LogP contribution in [0, 0.1) is 13.8 Å². The summed E-state index contributed by atoms with van der Waals surface area (Å²) in [5, 5.41) is 5.71. The summed E-state index contributed by atoms with van der Waals surface area (Å²) in [6.45, 7) is 9.30. The topological polar surface area (TPSA) is 88.1 Å². The van der Waals surface area contributed by atoms with E-state index >= 15 is 0 Å². The SMILES string of the molecule is Cc1ccc(C2=NN(C(=O)OC(C)(C)C)C3(C2)NS(=O)(=O)c2ccccc23)cc1C. The Hall–Kier alpha value is -2.71. The van der Waals surface area contributed by atoms with Gasteiger partial charge >= 0.3 is 6.09 Å². The Labute approximate surface area is 176 Å². The van der Waals surface area contributed by atoms with E-state index in [-0.39, 0.29) is 11.3 Å². The van der Waals surface area contributed by atoms with Crippen molar-refractivity contribution in [2.45, 2.75) is 57.2 Å². The number of ether oxygens (including phenoxy) is 1. The van der Waals surface area contributed by atoms with Gasteiger partial charge in [0.2, 0.25) is 10.0 Å². The maximum absolute atomic E-state index is 13.1. The molecule has 2 aliphatic heterocycles. The third kappa shape index (κ3) is 3.30. The lowest BCUT2D eigenvalue weighted by atomic mass is 9.92. The molecule has 0 fully saturated rings. The molecule has 0 aliphatic carbocycles. The second-order valence-corrected chi connectivity index (χ2v) is 10.4. The van der Waals surface area contributed by atoms with Crippen molar-refractivity contribution in [3.8, 4) is 0 Å². The first-order valence-corrected chi connectivity index (χ1v) is 11.2. The van der Waals surface area contributed by atoms with Crippen LogP contribution in [0.2, 0.25) is 0 Å². The maximum Gasteiger partial charge on any atom is 0.433 e. The van der Waals surface area contributed by atoms with Crippen molar-refractivity contribution in [3.63, 3.8) is 0 Å². The quantitative estimate of drug-likeness (QED) is 0.750. The van der Waals surface area contributed by atoms with Crippen molar-refractivity contribution in [3.05, 3.63) is 64.7 Å². The van der Waals surface area contributed by atoms with Gasteiger partial charge in [0.15, 0.2) is 5.66 Å². The van der Waals surface area contributed by atoms with E-state index in [9.17, 15) is 13.2 Å². The molecule has 2 aromatic rings. The van der Waals surface area contributed by atoms with Crippen LogP contribution in [-0.4, -0.2) is 30.8 Å². The summed E-state index contributed by atoms with van der Waals surface area (Å²) in [4.78, 5) is 13.3. The number of fused-ring (bicyclic) bond motifs is 2. The van der Waals surface area contributed by atoms with Crippen molar-refractivity contribution < 1.29 is 17.9 Å². The van der Waals surface area contributed by atoms with Crippen LogP contribution >= 0.6 is 0 Å². The van der Waals surface area contributed by atoms with Crippen molar-refractivity contribution in [2.24, 2.45) is 5.10 Å². The maximum atomic E-state index is 13.1. The molecule has 1 spiro atoms. The Bertz CT molecular complexity index is 1180. The van der Waals surface area contributed by atoms with Crippen LogP contribution in [0.15, 0.2) is 52.5 Å². The van der Waals surface area contributed by atoms with Gasteiger partial charge in [-0.25, -0.2) is 13.2 Å². The molecule has 7 nitrogen and oxygen atoms in total. The van der Waals surface area contributed by atoms with Crippen molar-refractivity contribution >= 4 is 21.8 Å². The lowest BCUT2D eigenvalue weighted by Gasteiger charge is -2.33. The fourth-order valence-electron chi connectivity index (χ4n) is 3.80. The predicted octanol–water partition coefficient (Wildman–Crippen LogP) is 3.79. The number of carbonyl (C=O) groups excluding carboxylic acids is 1. The smallest absolute Gasteiger partial charge is 0.433 e. The van der Waals surface area contributed by atoms with E-state index in [4.69, 9.17) is 4.74 Å². The highest BCUT2D eigenvalue weighted by atomic mass is 32.2. The monoisotopic (exact) mass is 427 g/mol. The molecule has 0 bridgehead atoms. The standard InChI is InChI=1S/C22H25N3O4S/c1-14-10-11-16(12-15(14)2)18-13-22(25(23-18)20(26)29-21(3,4)5)17-8-6-7-9-19(17)30(27,28)24-22/h6-12,24H,13H2,1-5H3. The number of aryl methyl sites for hydroxylation is 2. The molecule has 0 saturated heterocycles. The Morgan fingerprint density at radius 3 is 2.50 bits per heavy atom. The van der Waals surface area contributed by atoms with E-state index in [0.717, 1.165) is 21.7 Å². The molecular weight excluding hydrogens is 402 g/mol. The Morgan fingerprint density at radius 2 is 1.83 bits per heavy atom. The van der Waals surface area contributed by atoms with Gasteiger partial charge in [-0.2, -0.15) is 14.8 Å². The van der Waals surface area contributed by atoms with Gasteiger partial charge in [-0.05, 0) is 63.4 Å². The number of hydrogen-bond acceptors (Lipinski definition) is 5. The van der Waals surface area contributed by atoms with Gasteiger partial charge < -0.3 is 4.74 Å². The second kappa shape index (κ2) is 6.65. The molecule has 30 heavy (non-hydrogen) atoms. The van der Waals surface area contributed by atoms with Crippen molar-refractivity contribution in [1.82, 2.24) is 9.73 Å². The summed E-state index contributed by atoms with van der Waals surface area (Å²) in [6, 6.07) is 12.6. The van der Waals surface area contributed by atoms with Crippen LogP contribution in [0.5, 0.6) is 0 Å². The summed E-state index contributed by atoms with van der Waals surface area (Å²) < 4.78 is 34.0. The Morgan fingerprint density at radius 1 is 1.13 bits per heavy atom. The third-order valence-electron chi connectivity index (χ3n) is 5.34. The summed E-state index contributed by atoms with van der Waals surface area (Å²) in [5.74, 6) is 0. The average molecular weight is 428 g/mol. The fourth-order valence-corrected chi connectivity index (χ4v) is 5.41. The Balaban J connectivity index is 1.86. The van der Waals surface area contributed by atoms with Gasteiger partial charge in [0.1, 0.15) is 5.60 Å². The molecule has 2 heterocycles. The normalized spacial score (nSPS) is 22.2. The van der Waals surface area contributed by atoms with Gasteiger partial charge in [0, 0.05) is 12.0 Å². The summed E-state index contributed by atoms with van der Waals surface area (Å²) in [7, 11) is -3.80. The molecule has 1 N–H and O–H groups in total. The van der Waals surface area contributed by atoms with E-state index < -0.39 is 27.4 Å². The minimum Gasteiger partial charge on any atom is -0.442 e. The van der Waals surface area contributed by atoms with Crippen molar-refractivity contribution in [1.29, 1.82) is 0 Å². The number of hydrogen-bond donors (Lipinski definition) is 1. The number of sulfonamides is 1. The molecule has 1 amide bonds. The van der Waals surface area contributed by atoms with Crippen molar-refractivity contribution in [2.75, 3.05) is 0 Å². The molecule has 2 aliphatic rings. The first-order valence-electron chi connectivity index (χ1n) is 9.75. The highest BCUT2D eigenvalue weighted by Crippen LogP contribution is 2.45. The molecule has 2 aromatic carbocycles. The zero-order valence-corrected chi connectivity index (χ0v) is 18.5. The predicted molar refractivity (Wildman–Crippen MR) is 114 cm³/mol. The van der Waals surface area contributed by atoms with E-state index in [1.54, 1.807) is 39.0 Å². The molecule has 8 heteroatoms. The summed E-state index contributed by atoms with van der Waals surface area (Å²) in [6.07, 6.45) is -0.508. The van der Waals surface area contributed by atoms with Gasteiger partial charge in [-0.15, -0.1) is 0 Å². The van der Waals surface area contributed by atoms with Gasteiger partial charge in [-0.3, -0.25) is 0 Å².